The summed E-state index contributed by atoms with van der Waals surface area (Å²) in [4.78, 5) is 3.74. The minimum Gasteiger partial charge on any atom is -0.329 e. The molecular weight excluding hydrogens is 252 g/mol. The summed E-state index contributed by atoms with van der Waals surface area (Å²) in [6, 6.07) is 4.83. The van der Waals surface area contributed by atoms with Crippen LogP contribution < -0.4 is 5.73 Å². The Kier molecular flexibility index (Phi) is 5.93. The van der Waals surface area contributed by atoms with E-state index in [0.717, 1.165) is 10.9 Å². The Bertz CT molecular complexity index is 336. The fraction of sp³-hybridized carbons (Fsp3) is 0.692. The third kappa shape index (κ3) is 4.25. The molecule has 0 amide bonds. The second-order valence-corrected chi connectivity index (χ2v) is 6.82. The summed E-state index contributed by atoms with van der Waals surface area (Å²) in [5.74, 6) is 0.641. The first-order valence-corrected chi connectivity index (χ1v) is 7.36. The van der Waals surface area contributed by atoms with E-state index in [4.69, 9.17) is 17.3 Å². The van der Waals surface area contributed by atoms with E-state index in [1.807, 2.05) is 6.07 Å². The van der Waals surface area contributed by atoms with Gasteiger partial charge in [-0.15, -0.1) is 11.3 Å². The SMILES string of the molecule is CC(C)CN(C(C)C)C(CN)c1ccc(Cl)s1. The van der Waals surface area contributed by atoms with E-state index in [2.05, 4.69) is 38.7 Å². The quantitative estimate of drug-likeness (QED) is 0.856. The van der Waals surface area contributed by atoms with E-state index in [-0.39, 0.29) is 6.04 Å². The number of nitrogens with zero attached hydrogens (tertiary/aromatic N) is 1. The molecular formula is C13H23ClN2S. The van der Waals surface area contributed by atoms with E-state index in [9.17, 15) is 0 Å². The van der Waals surface area contributed by atoms with Crippen LogP contribution in [0.25, 0.3) is 0 Å². The lowest BCUT2D eigenvalue weighted by Gasteiger charge is -2.35. The second-order valence-electron chi connectivity index (χ2n) is 5.08. The highest BCUT2D eigenvalue weighted by molar-refractivity contribution is 7.16. The monoisotopic (exact) mass is 274 g/mol. The van der Waals surface area contributed by atoms with Crippen LogP contribution in [0, 0.1) is 5.92 Å². The van der Waals surface area contributed by atoms with Crippen LogP contribution in [0.4, 0.5) is 0 Å². The first-order chi connectivity index (χ1) is 7.95. The van der Waals surface area contributed by atoms with Gasteiger partial charge in [-0.1, -0.05) is 25.4 Å². The van der Waals surface area contributed by atoms with Gasteiger partial charge in [0.25, 0.3) is 0 Å². The van der Waals surface area contributed by atoms with E-state index >= 15 is 0 Å². The van der Waals surface area contributed by atoms with E-state index in [1.54, 1.807) is 11.3 Å². The highest BCUT2D eigenvalue weighted by Crippen LogP contribution is 2.31. The predicted molar refractivity (Wildman–Crippen MR) is 77.8 cm³/mol. The van der Waals surface area contributed by atoms with Gasteiger partial charge in [0.1, 0.15) is 0 Å². The van der Waals surface area contributed by atoms with Crippen molar-refractivity contribution in [3.63, 3.8) is 0 Å². The summed E-state index contributed by atoms with van der Waals surface area (Å²) in [6.45, 7) is 10.6. The van der Waals surface area contributed by atoms with Gasteiger partial charge in [0.05, 0.1) is 10.4 Å². The molecule has 2 nitrogen and oxygen atoms in total. The van der Waals surface area contributed by atoms with E-state index in [1.165, 1.54) is 4.88 Å². The van der Waals surface area contributed by atoms with Crippen molar-refractivity contribution in [1.29, 1.82) is 0 Å². The van der Waals surface area contributed by atoms with Crippen molar-refractivity contribution in [2.24, 2.45) is 11.7 Å². The van der Waals surface area contributed by atoms with Crippen molar-refractivity contribution in [3.05, 3.63) is 21.3 Å². The topological polar surface area (TPSA) is 29.3 Å². The highest BCUT2D eigenvalue weighted by atomic mass is 35.5. The second kappa shape index (κ2) is 6.74. The van der Waals surface area contributed by atoms with Gasteiger partial charge in [-0.3, -0.25) is 4.90 Å². The molecule has 17 heavy (non-hydrogen) atoms. The molecule has 0 aliphatic carbocycles. The Morgan fingerprint density at radius 2 is 1.94 bits per heavy atom. The van der Waals surface area contributed by atoms with Gasteiger partial charge >= 0.3 is 0 Å². The average Bonchev–Trinajstić information content (AvgIpc) is 2.64. The molecule has 1 atom stereocenters. The summed E-state index contributed by atoms with van der Waals surface area (Å²) in [7, 11) is 0. The smallest absolute Gasteiger partial charge is 0.0931 e. The number of nitrogens with two attached hydrogens (primary N) is 1. The van der Waals surface area contributed by atoms with Gasteiger partial charge < -0.3 is 5.73 Å². The molecule has 1 heterocycles. The van der Waals surface area contributed by atoms with Crippen LogP contribution in [0.15, 0.2) is 12.1 Å². The maximum Gasteiger partial charge on any atom is 0.0931 e. The van der Waals surface area contributed by atoms with Gasteiger partial charge in [-0.25, -0.2) is 0 Å². The molecule has 0 radical (unpaired) electrons. The van der Waals surface area contributed by atoms with Gasteiger partial charge in [0.2, 0.25) is 0 Å². The molecule has 98 valence electrons. The summed E-state index contributed by atoms with van der Waals surface area (Å²) in [6.07, 6.45) is 0. The van der Waals surface area contributed by atoms with Crippen LogP contribution >= 0.6 is 22.9 Å². The number of thiophene rings is 1. The standard InChI is InChI=1S/C13H23ClN2S/c1-9(2)8-16(10(3)4)11(7-15)12-5-6-13(14)17-12/h5-6,9-11H,7-8,15H2,1-4H3. The number of hydrogen-bond donors (Lipinski definition) is 1. The lowest BCUT2D eigenvalue weighted by atomic mass is 10.1. The van der Waals surface area contributed by atoms with Gasteiger partial charge in [0.15, 0.2) is 0 Å². The van der Waals surface area contributed by atoms with E-state index in [0.29, 0.717) is 18.5 Å². The Labute approximate surface area is 114 Å². The van der Waals surface area contributed by atoms with Gasteiger partial charge in [-0.2, -0.15) is 0 Å². The van der Waals surface area contributed by atoms with Crippen LogP contribution in [0.2, 0.25) is 4.34 Å². The number of rotatable bonds is 6. The van der Waals surface area contributed by atoms with Crippen LogP contribution in [0.1, 0.15) is 38.6 Å². The molecule has 0 spiro atoms. The Hall–Kier alpha value is -0.0900. The van der Waals surface area contributed by atoms with E-state index < -0.39 is 0 Å². The summed E-state index contributed by atoms with van der Waals surface area (Å²) in [5.41, 5.74) is 5.95. The molecule has 1 aromatic rings. The molecule has 0 fully saturated rings. The fourth-order valence-corrected chi connectivity index (χ4v) is 3.24. The lowest BCUT2D eigenvalue weighted by Crippen LogP contribution is -2.40. The summed E-state index contributed by atoms with van der Waals surface area (Å²) in [5, 5.41) is 0. The zero-order valence-corrected chi connectivity index (χ0v) is 12.7. The van der Waals surface area contributed by atoms with Crippen molar-refractivity contribution in [2.75, 3.05) is 13.1 Å². The molecule has 0 aliphatic rings. The largest absolute Gasteiger partial charge is 0.329 e. The fourth-order valence-electron chi connectivity index (χ4n) is 2.04. The lowest BCUT2D eigenvalue weighted by molar-refractivity contribution is 0.140. The minimum atomic E-state index is 0.287. The maximum absolute atomic E-state index is 6.01. The third-order valence-electron chi connectivity index (χ3n) is 2.79. The minimum absolute atomic E-state index is 0.287. The first-order valence-electron chi connectivity index (χ1n) is 6.16. The Morgan fingerprint density at radius 3 is 2.29 bits per heavy atom. The molecule has 0 saturated heterocycles. The van der Waals surface area contributed by atoms with Crippen molar-refractivity contribution in [3.8, 4) is 0 Å². The third-order valence-corrected chi connectivity index (χ3v) is 4.12. The molecule has 1 unspecified atom stereocenters. The van der Waals surface area contributed by atoms with Crippen LogP contribution in [0.3, 0.4) is 0 Å². The van der Waals surface area contributed by atoms with Crippen molar-refractivity contribution < 1.29 is 0 Å². The zero-order chi connectivity index (χ0) is 13.0. The van der Waals surface area contributed by atoms with Crippen LogP contribution in [-0.4, -0.2) is 24.0 Å². The highest BCUT2D eigenvalue weighted by Gasteiger charge is 2.23. The van der Waals surface area contributed by atoms with Gasteiger partial charge in [0, 0.05) is 24.0 Å². The zero-order valence-electron chi connectivity index (χ0n) is 11.1. The molecule has 0 aromatic carbocycles. The van der Waals surface area contributed by atoms with Crippen molar-refractivity contribution in [2.45, 2.75) is 39.8 Å². The Balaban J connectivity index is 2.88. The summed E-state index contributed by atoms with van der Waals surface area (Å²) < 4.78 is 0.840. The molecule has 0 saturated carbocycles. The van der Waals surface area contributed by atoms with Crippen LogP contribution in [0.5, 0.6) is 0 Å². The Morgan fingerprint density at radius 1 is 1.29 bits per heavy atom. The molecule has 2 N–H and O–H groups in total. The average molecular weight is 275 g/mol. The first kappa shape index (κ1) is 15.0. The summed E-state index contributed by atoms with van der Waals surface area (Å²) >= 11 is 7.65. The van der Waals surface area contributed by atoms with Crippen molar-refractivity contribution in [1.82, 2.24) is 4.90 Å². The predicted octanol–water partition coefficient (Wildman–Crippen LogP) is 3.77. The molecule has 1 rings (SSSR count). The van der Waals surface area contributed by atoms with Gasteiger partial charge in [-0.05, 0) is 31.9 Å². The normalized spacial score (nSPS) is 13.9. The molecule has 1 aromatic heterocycles. The number of halogens is 1. The molecule has 4 heteroatoms. The van der Waals surface area contributed by atoms with Crippen molar-refractivity contribution >= 4 is 22.9 Å². The van der Waals surface area contributed by atoms with Crippen LogP contribution in [-0.2, 0) is 0 Å². The molecule has 0 bridgehead atoms. The number of hydrogen-bond acceptors (Lipinski definition) is 3. The molecule has 0 aliphatic heterocycles. The maximum atomic E-state index is 6.01.